The van der Waals surface area contributed by atoms with E-state index in [1.165, 1.54) is 12.1 Å². The fourth-order valence-electron chi connectivity index (χ4n) is 4.08. The fourth-order valence-corrected chi connectivity index (χ4v) is 4.42. The highest BCUT2D eigenvalue weighted by Crippen LogP contribution is 2.32. The van der Waals surface area contributed by atoms with Crippen LogP contribution in [-0.4, -0.2) is 48.4 Å². The summed E-state index contributed by atoms with van der Waals surface area (Å²) in [6.45, 7) is 6.03. The fraction of sp³-hybridized carbons (Fsp3) is 0.308. The molecule has 3 heterocycles. The number of nitrogens with one attached hydrogen (secondary N) is 1. The monoisotopic (exact) mass is 517 g/mol. The smallest absolute Gasteiger partial charge is 0.417 e. The molecule has 1 aliphatic rings. The van der Waals surface area contributed by atoms with Gasteiger partial charge in [0.05, 0.1) is 37.1 Å². The molecule has 1 fully saturated rings. The third-order valence-corrected chi connectivity index (χ3v) is 6.26. The molecule has 0 radical (unpaired) electrons. The molecule has 6 nitrogen and oxygen atoms in total. The number of benzene rings is 2. The molecule has 190 valence electrons. The van der Waals surface area contributed by atoms with Crippen molar-refractivity contribution in [1.82, 2.24) is 14.9 Å². The summed E-state index contributed by atoms with van der Waals surface area (Å²) >= 11 is 0. The second-order valence-corrected chi connectivity index (χ2v) is 8.81. The zero-order chi connectivity index (χ0) is 25.7. The Morgan fingerprint density at radius 3 is 2.50 bits per heavy atom. The van der Waals surface area contributed by atoms with Crippen LogP contribution in [0.5, 0.6) is 0 Å². The number of esters is 1. The predicted octanol–water partition coefficient (Wildman–Crippen LogP) is 4.54. The lowest BCUT2D eigenvalue weighted by atomic mass is 10.1. The maximum absolute atomic E-state index is 13.3. The van der Waals surface area contributed by atoms with E-state index >= 15 is 0 Å². The first-order chi connectivity index (χ1) is 17.3. The predicted molar refractivity (Wildman–Crippen MR) is 137 cm³/mol. The van der Waals surface area contributed by atoms with Crippen molar-refractivity contribution in [2.75, 3.05) is 32.9 Å². The molecular formula is C26H27F3N3O3P. The zero-order valence-electron chi connectivity index (χ0n) is 19.8. The molecule has 10 heteroatoms. The van der Waals surface area contributed by atoms with Crippen molar-refractivity contribution >= 4 is 42.3 Å². The number of alkyl halides is 3. The number of hydrogen-bond donors (Lipinski definition) is 1. The summed E-state index contributed by atoms with van der Waals surface area (Å²) in [4.78, 5) is 16.3. The topological polar surface area (TPSA) is 65.4 Å². The molecule has 36 heavy (non-hydrogen) atoms. The van der Waals surface area contributed by atoms with Crippen LogP contribution >= 0.6 is 9.24 Å². The summed E-state index contributed by atoms with van der Waals surface area (Å²) in [5.74, 6) is -0.512. The molecule has 0 spiro atoms. The van der Waals surface area contributed by atoms with Crippen LogP contribution in [0.2, 0.25) is 0 Å². The molecule has 0 saturated carbocycles. The van der Waals surface area contributed by atoms with Crippen LogP contribution in [0, 0.1) is 0 Å². The second kappa shape index (κ2) is 11.4. The molecule has 1 atom stereocenters. The SMILES string of the molecule is C1COCCN1.CCOC(=O)c1cc2c3ccccc3n(Cc3ccc(P)c(C(F)(F)F)c3)c2cn1. The molecule has 1 aliphatic heterocycles. The third-order valence-electron chi connectivity index (χ3n) is 5.75. The molecule has 2 aromatic heterocycles. The molecule has 2 aromatic carbocycles. The van der Waals surface area contributed by atoms with E-state index in [0.29, 0.717) is 5.56 Å². The molecular weight excluding hydrogens is 490 g/mol. The van der Waals surface area contributed by atoms with E-state index in [9.17, 15) is 18.0 Å². The number of fused-ring (bicyclic) bond motifs is 3. The van der Waals surface area contributed by atoms with Gasteiger partial charge in [-0.1, -0.05) is 30.3 Å². The summed E-state index contributed by atoms with van der Waals surface area (Å²) in [6.07, 6.45) is -2.86. The number of nitrogens with zero attached hydrogens (tertiary/aromatic N) is 2. The quantitative estimate of drug-likeness (QED) is 0.318. The van der Waals surface area contributed by atoms with E-state index in [1.807, 2.05) is 28.8 Å². The summed E-state index contributed by atoms with van der Waals surface area (Å²) in [5, 5.41) is 4.95. The van der Waals surface area contributed by atoms with Crippen LogP contribution in [0.15, 0.2) is 54.7 Å². The zero-order valence-corrected chi connectivity index (χ0v) is 20.9. The van der Waals surface area contributed by atoms with Gasteiger partial charge in [0.25, 0.3) is 0 Å². The standard InChI is InChI=1S/C22H18F3N2O2P.C4H9NO/c1-2-29-21(28)17-10-15-14-5-3-4-6-18(14)27(19(15)11-26-17)12-13-7-8-20(30)16(9-13)22(23,24)25;1-3-6-4-2-5-1/h3-11H,2,12,30H2,1H3;5H,1-4H2. The van der Waals surface area contributed by atoms with E-state index in [0.717, 1.165) is 48.1 Å². The minimum Gasteiger partial charge on any atom is -0.461 e. The highest BCUT2D eigenvalue weighted by atomic mass is 31.0. The summed E-state index contributed by atoms with van der Waals surface area (Å²) < 4.78 is 51.9. The first-order valence-electron chi connectivity index (χ1n) is 11.6. The van der Waals surface area contributed by atoms with E-state index in [-0.39, 0.29) is 24.2 Å². The van der Waals surface area contributed by atoms with Crippen LogP contribution in [0.4, 0.5) is 13.2 Å². The van der Waals surface area contributed by atoms with Crippen molar-refractivity contribution in [3.8, 4) is 0 Å². The maximum Gasteiger partial charge on any atom is 0.417 e. The average molecular weight is 517 g/mol. The largest absolute Gasteiger partial charge is 0.461 e. The minimum atomic E-state index is -4.43. The lowest BCUT2D eigenvalue weighted by Gasteiger charge is -2.13. The van der Waals surface area contributed by atoms with E-state index in [2.05, 4.69) is 19.5 Å². The van der Waals surface area contributed by atoms with Crippen molar-refractivity contribution in [2.45, 2.75) is 19.6 Å². The minimum absolute atomic E-state index is 0.106. The van der Waals surface area contributed by atoms with Gasteiger partial charge in [0.1, 0.15) is 5.69 Å². The van der Waals surface area contributed by atoms with Crippen LogP contribution in [-0.2, 0) is 22.2 Å². The van der Waals surface area contributed by atoms with Gasteiger partial charge in [-0.05, 0) is 36.0 Å². The lowest BCUT2D eigenvalue weighted by Crippen LogP contribution is -2.30. The van der Waals surface area contributed by atoms with Crippen LogP contribution < -0.4 is 10.6 Å². The Kier molecular flexibility index (Phi) is 8.24. The highest BCUT2D eigenvalue weighted by Gasteiger charge is 2.32. The Morgan fingerprint density at radius 1 is 1.11 bits per heavy atom. The van der Waals surface area contributed by atoms with Crippen LogP contribution in [0.1, 0.15) is 28.5 Å². The van der Waals surface area contributed by atoms with Crippen molar-refractivity contribution < 1.29 is 27.4 Å². The average Bonchev–Trinajstić information content (AvgIpc) is 3.19. The number of carbonyl (C=O) groups excluding carboxylic acids is 1. The van der Waals surface area contributed by atoms with Gasteiger partial charge in [0.15, 0.2) is 0 Å². The molecule has 1 N–H and O–H groups in total. The van der Waals surface area contributed by atoms with Crippen LogP contribution in [0.3, 0.4) is 0 Å². The van der Waals surface area contributed by atoms with Crippen molar-refractivity contribution in [2.24, 2.45) is 0 Å². The number of halogens is 3. The normalized spacial score (nSPS) is 13.9. The number of carbonyl (C=O) groups is 1. The highest BCUT2D eigenvalue weighted by molar-refractivity contribution is 7.27. The number of pyridine rings is 1. The van der Waals surface area contributed by atoms with Crippen molar-refractivity contribution in [1.29, 1.82) is 0 Å². The molecule has 5 rings (SSSR count). The molecule has 0 aliphatic carbocycles. The first kappa shape index (κ1) is 26.1. The lowest BCUT2D eigenvalue weighted by molar-refractivity contribution is -0.136. The van der Waals surface area contributed by atoms with E-state index < -0.39 is 17.7 Å². The number of morpholine rings is 1. The second-order valence-electron chi connectivity index (χ2n) is 8.19. The number of rotatable bonds is 4. The Morgan fingerprint density at radius 2 is 1.86 bits per heavy atom. The molecule has 0 bridgehead atoms. The Balaban J connectivity index is 0.000000445. The maximum atomic E-state index is 13.3. The van der Waals surface area contributed by atoms with E-state index in [1.54, 1.807) is 25.3 Å². The summed E-state index contributed by atoms with van der Waals surface area (Å²) in [6, 6.07) is 13.5. The Labute approximate surface area is 209 Å². The number of hydrogen-bond acceptors (Lipinski definition) is 5. The van der Waals surface area contributed by atoms with Crippen molar-refractivity contribution in [3.63, 3.8) is 0 Å². The van der Waals surface area contributed by atoms with Gasteiger partial charge in [-0.15, -0.1) is 9.24 Å². The van der Waals surface area contributed by atoms with Gasteiger partial charge in [-0.3, -0.25) is 0 Å². The molecule has 1 saturated heterocycles. The van der Waals surface area contributed by atoms with Gasteiger partial charge in [0.2, 0.25) is 0 Å². The number of para-hydroxylation sites is 1. The van der Waals surface area contributed by atoms with Crippen molar-refractivity contribution in [3.05, 3.63) is 71.5 Å². The Bertz CT molecular complexity index is 1360. The third kappa shape index (κ3) is 5.86. The Hall–Kier alpha value is -3.00. The molecule has 4 aromatic rings. The van der Waals surface area contributed by atoms with Gasteiger partial charge < -0.3 is 19.4 Å². The number of aromatic nitrogens is 2. The van der Waals surface area contributed by atoms with Crippen LogP contribution in [0.25, 0.3) is 21.8 Å². The summed E-state index contributed by atoms with van der Waals surface area (Å²) in [5.41, 5.74) is 1.62. The van der Waals surface area contributed by atoms with Gasteiger partial charge in [-0.2, -0.15) is 13.2 Å². The van der Waals surface area contributed by atoms with Gasteiger partial charge in [0, 0.05) is 35.9 Å². The molecule has 0 amide bonds. The molecule has 1 unspecified atom stereocenters. The van der Waals surface area contributed by atoms with Gasteiger partial charge in [-0.25, -0.2) is 9.78 Å². The summed E-state index contributed by atoms with van der Waals surface area (Å²) in [7, 11) is 2.13. The van der Waals surface area contributed by atoms with Gasteiger partial charge >= 0.3 is 12.1 Å². The van der Waals surface area contributed by atoms with E-state index in [4.69, 9.17) is 9.47 Å². The first-order valence-corrected chi connectivity index (χ1v) is 12.2. The number of ether oxygens (including phenoxy) is 2.